The van der Waals surface area contributed by atoms with Crippen LogP contribution < -0.4 is 4.74 Å². The molecular weight excluding hydrogens is 236 g/mol. The second-order valence-corrected chi connectivity index (χ2v) is 4.94. The number of ether oxygens (including phenoxy) is 1. The van der Waals surface area contributed by atoms with E-state index in [2.05, 4.69) is 40.2 Å². The van der Waals surface area contributed by atoms with Crippen molar-refractivity contribution in [3.8, 4) is 5.88 Å². The number of aromatic nitrogens is 1. The van der Waals surface area contributed by atoms with Gasteiger partial charge in [0.05, 0.1) is 7.11 Å². The lowest BCUT2D eigenvalue weighted by atomic mass is 9.99. The topological polar surface area (TPSA) is 25.4 Å². The Bertz CT molecular complexity index is 568. The van der Waals surface area contributed by atoms with E-state index in [-0.39, 0.29) is 0 Å². The summed E-state index contributed by atoms with van der Waals surface area (Å²) in [4.78, 5) is 6.62. The maximum atomic E-state index is 5.17. The van der Waals surface area contributed by atoms with Crippen molar-refractivity contribution in [3.05, 3.63) is 59.3 Å². The molecule has 3 rings (SSSR count). The van der Waals surface area contributed by atoms with Gasteiger partial charge in [-0.15, -0.1) is 0 Å². The standard InChI is InChI=1S/C16H18N2O/c1-19-16-10-13(6-8-17-16)11-18-9-7-14-4-2-3-5-15(14)12-18/h2-6,8,10H,7,9,11-12H2,1H3. The SMILES string of the molecule is COc1cc(CN2CCc3ccccc3C2)ccn1. The van der Waals surface area contributed by atoms with Crippen molar-refractivity contribution in [1.82, 2.24) is 9.88 Å². The first-order chi connectivity index (χ1) is 9.35. The molecule has 0 saturated heterocycles. The fourth-order valence-electron chi connectivity index (χ4n) is 2.61. The van der Waals surface area contributed by atoms with Gasteiger partial charge in [0, 0.05) is 31.9 Å². The van der Waals surface area contributed by atoms with Gasteiger partial charge in [-0.3, -0.25) is 4.90 Å². The lowest BCUT2D eigenvalue weighted by molar-refractivity contribution is 0.245. The van der Waals surface area contributed by atoms with E-state index in [1.807, 2.05) is 12.3 Å². The van der Waals surface area contributed by atoms with Crippen molar-refractivity contribution < 1.29 is 4.74 Å². The number of hydrogen-bond acceptors (Lipinski definition) is 3. The molecule has 0 bridgehead atoms. The van der Waals surface area contributed by atoms with Crippen molar-refractivity contribution in [1.29, 1.82) is 0 Å². The number of fused-ring (bicyclic) bond motifs is 1. The summed E-state index contributed by atoms with van der Waals surface area (Å²) < 4.78 is 5.17. The molecule has 3 heteroatoms. The normalized spacial score (nSPS) is 15.0. The predicted molar refractivity (Wildman–Crippen MR) is 75.0 cm³/mol. The Hall–Kier alpha value is -1.87. The average molecular weight is 254 g/mol. The van der Waals surface area contributed by atoms with E-state index < -0.39 is 0 Å². The summed E-state index contributed by atoms with van der Waals surface area (Å²) in [6, 6.07) is 12.8. The minimum Gasteiger partial charge on any atom is -0.481 e. The third kappa shape index (κ3) is 2.76. The summed E-state index contributed by atoms with van der Waals surface area (Å²) in [7, 11) is 1.66. The van der Waals surface area contributed by atoms with Gasteiger partial charge in [0.25, 0.3) is 0 Å². The summed E-state index contributed by atoms with van der Waals surface area (Å²) >= 11 is 0. The van der Waals surface area contributed by atoms with Crippen LogP contribution in [0.4, 0.5) is 0 Å². The molecule has 1 aromatic carbocycles. The molecule has 0 N–H and O–H groups in total. The van der Waals surface area contributed by atoms with E-state index in [1.54, 1.807) is 7.11 Å². The average Bonchev–Trinajstić information content (AvgIpc) is 2.47. The van der Waals surface area contributed by atoms with Crippen LogP contribution in [0, 0.1) is 0 Å². The quantitative estimate of drug-likeness (QED) is 0.842. The number of methoxy groups -OCH3 is 1. The molecule has 0 radical (unpaired) electrons. The van der Waals surface area contributed by atoms with Crippen LogP contribution in [-0.4, -0.2) is 23.5 Å². The molecule has 0 fully saturated rings. The van der Waals surface area contributed by atoms with E-state index in [0.717, 1.165) is 26.1 Å². The van der Waals surface area contributed by atoms with Gasteiger partial charge in [0.1, 0.15) is 0 Å². The maximum Gasteiger partial charge on any atom is 0.213 e. The first kappa shape index (κ1) is 12.2. The van der Waals surface area contributed by atoms with Crippen molar-refractivity contribution >= 4 is 0 Å². The smallest absolute Gasteiger partial charge is 0.213 e. The van der Waals surface area contributed by atoms with E-state index in [4.69, 9.17) is 4.74 Å². The number of nitrogens with zero attached hydrogens (tertiary/aromatic N) is 2. The van der Waals surface area contributed by atoms with Crippen LogP contribution in [0.15, 0.2) is 42.6 Å². The number of pyridine rings is 1. The zero-order valence-electron chi connectivity index (χ0n) is 11.2. The third-order valence-corrected chi connectivity index (χ3v) is 3.62. The molecule has 0 amide bonds. The lowest BCUT2D eigenvalue weighted by Crippen LogP contribution is -2.29. The summed E-state index contributed by atoms with van der Waals surface area (Å²) in [6.07, 6.45) is 2.95. The number of hydrogen-bond donors (Lipinski definition) is 0. The molecule has 0 spiro atoms. The number of benzene rings is 1. The van der Waals surface area contributed by atoms with Crippen LogP contribution in [-0.2, 0) is 19.5 Å². The molecule has 1 aliphatic heterocycles. The third-order valence-electron chi connectivity index (χ3n) is 3.62. The van der Waals surface area contributed by atoms with Crippen LogP contribution >= 0.6 is 0 Å². The molecule has 0 atom stereocenters. The highest BCUT2D eigenvalue weighted by Gasteiger charge is 2.15. The first-order valence-corrected chi connectivity index (χ1v) is 6.63. The Morgan fingerprint density at radius 2 is 2.05 bits per heavy atom. The van der Waals surface area contributed by atoms with Gasteiger partial charge < -0.3 is 4.74 Å². The second-order valence-electron chi connectivity index (χ2n) is 4.94. The lowest BCUT2D eigenvalue weighted by Gasteiger charge is -2.28. The van der Waals surface area contributed by atoms with Gasteiger partial charge in [-0.2, -0.15) is 0 Å². The van der Waals surface area contributed by atoms with Crippen LogP contribution in [0.3, 0.4) is 0 Å². The monoisotopic (exact) mass is 254 g/mol. The first-order valence-electron chi connectivity index (χ1n) is 6.63. The second kappa shape index (κ2) is 5.41. The Morgan fingerprint density at radius 1 is 1.21 bits per heavy atom. The Balaban J connectivity index is 1.71. The van der Waals surface area contributed by atoms with Crippen LogP contribution in [0.25, 0.3) is 0 Å². The highest BCUT2D eigenvalue weighted by molar-refractivity contribution is 5.29. The molecule has 2 aromatic rings. The largest absolute Gasteiger partial charge is 0.481 e. The molecular formula is C16H18N2O. The zero-order valence-corrected chi connectivity index (χ0v) is 11.2. The van der Waals surface area contributed by atoms with Gasteiger partial charge in [0.2, 0.25) is 5.88 Å². The molecule has 0 aliphatic carbocycles. The highest BCUT2D eigenvalue weighted by Crippen LogP contribution is 2.20. The summed E-state index contributed by atoms with van der Waals surface area (Å²) in [5.74, 6) is 0.690. The van der Waals surface area contributed by atoms with Crippen LogP contribution in [0.2, 0.25) is 0 Å². The Morgan fingerprint density at radius 3 is 2.89 bits per heavy atom. The van der Waals surface area contributed by atoms with Gasteiger partial charge in [-0.25, -0.2) is 4.98 Å². The molecule has 3 nitrogen and oxygen atoms in total. The van der Waals surface area contributed by atoms with Crippen molar-refractivity contribution in [3.63, 3.8) is 0 Å². The fourth-order valence-corrected chi connectivity index (χ4v) is 2.61. The van der Waals surface area contributed by atoms with Crippen molar-refractivity contribution in [2.24, 2.45) is 0 Å². The van der Waals surface area contributed by atoms with E-state index in [1.165, 1.54) is 16.7 Å². The van der Waals surface area contributed by atoms with Crippen LogP contribution in [0.5, 0.6) is 5.88 Å². The van der Waals surface area contributed by atoms with E-state index in [9.17, 15) is 0 Å². The predicted octanol–water partition coefficient (Wildman–Crippen LogP) is 2.65. The van der Waals surface area contributed by atoms with Gasteiger partial charge in [-0.05, 0) is 29.2 Å². The molecule has 1 aromatic heterocycles. The summed E-state index contributed by atoms with van der Waals surface area (Å²) in [6.45, 7) is 3.09. The Labute approximate surface area is 113 Å². The summed E-state index contributed by atoms with van der Waals surface area (Å²) in [5, 5.41) is 0. The van der Waals surface area contributed by atoms with Gasteiger partial charge >= 0.3 is 0 Å². The van der Waals surface area contributed by atoms with Crippen molar-refractivity contribution in [2.75, 3.05) is 13.7 Å². The fraction of sp³-hybridized carbons (Fsp3) is 0.312. The summed E-state index contributed by atoms with van der Waals surface area (Å²) in [5.41, 5.74) is 4.20. The minimum absolute atomic E-state index is 0.690. The minimum atomic E-state index is 0.690. The van der Waals surface area contributed by atoms with E-state index in [0.29, 0.717) is 5.88 Å². The van der Waals surface area contributed by atoms with Crippen LogP contribution in [0.1, 0.15) is 16.7 Å². The zero-order chi connectivity index (χ0) is 13.1. The maximum absolute atomic E-state index is 5.17. The molecule has 98 valence electrons. The highest BCUT2D eigenvalue weighted by atomic mass is 16.5. The van der Waals surface area contributed by atoms with Crippen molar-refractivity contribution in [2.45, 2.75) is 19.5 Å². The molecule has 2 heterocycles. The molecule has 1 aliphatic rings. The number of rotatable bonds is 3. The van der Waals surface area contributed by atoms with Gasteiger partial charge in [-0.1, -0.05) is 24.3 Å². The molecule has 19 heavy (non-hydrogen) atoms. The van der Waals surface area contributed by atoms with E-state index >= 15 is 0 Å². The van der Waals surface area contributed by atoms with Gasteiger partial charge in [0.15, 0.2) is 0 Å². The Kier molecular flexibility index (Phi) is 3.47. The molecule has 0 saturated carbocycles. The molecule has 0 unspecified atom stereocenters.